The average Bonchev–Trinajstić information content (AvgIpc) is 3.36. The van der Waals surface area contributed by atoms with Crippen molar-refractivity contribution in [2.24, 2.45) is 0 Å². The van der Waals surface area contributed by atoms with Gasteiger partial charge in [-0.05, 0) is 55.7 Å². The Hall–Kier alpha value is -3.44. The summed E-state index contributed by atoms with van der Waals surface area (Å²) in [5.41, 5.74) is 3.77. The molecule has 5 heteroatoms. The van der Waals surface area contributed by atoms with E-state index in [1.807, 2.05) is 73.1 Å². The topological polar surface area (TPSA) is 47.4 Å². The summed E-state index contributed by atoms with van der Waals surface area (Å²) >= 11 is 0. The summed E-state index contributed by atoms with van der Waals surface area (Å²) < 4.78 is 7.90. The van der Waals surface area contributed by atoms with Crippen LogP contribution in [0, 0.1) is 6.92 Å². The van der Waals surface area contributed by atoms with Gasteiger partial charge in [-0.2, -0.15) is 0 Å². The van der Waals surface area contributed by atoms with Crippen molar-refractivity contribution in [1.82, 2.24) is 9.55 Å². The molecule has 5 nitrogen and oxygen atoms in total. The summed E-state index contributed by atoms with van der Waals surface area (Å²) in [6.45, 7) is 2.64. The van der Waals surface area contributed by atoms with E-state index in [2.05, 4.69) is 29.2 Å². The van der Waals surface area contributed by atoms with Gasteiger partial charge in [0, 0.05) is 25.0 Å². The van der Waals surface area contributed by atoms with Crippen LogP contribution in [0.5, 0.6) is 0 Å². The van der Waals surface area contributed by atoms with Crippen LogP contribution in [0.1, 0.15) is 30.3 Å². The van der Waals surface area contributed by atoms with Gasteiger partial charge in [0.15, 0.2) is 0 Å². The average molecular weight is 426 g/mol. The largest absolute Gasteiger partial charge is 0.376 e. The summed E-state index contributed by atoms with van der Waals surface area (Å²) in [6, 6.07) is 26.0. The minimum Gasteiger partial charge on any atom is -0.376 e. The van der Waals surface area contributed by atoms with Crippen LogP contribution in [0.4, 0.5) is 11.4 Å². The number of hydrogen-bond donors (Lipinski definition) is 0. The van der Waals surface area contributed by atoms with E-state index in [1.54, 1.807) is 0 Å². The molecule has 0 radical (unpaired) electrons. The molecule has 0 bridgehead atoms. The highest BCUT2D eigenvalue weighted by molar-refractivity contribution is 5.83. The molecule has 5 rings (SSSR count). The molecule has 2 unspecified atom stereocenters. The number of aryl methyl sites for hydroxylation is 1. The predicted octanol–water partition coefficient (Wildman–Crippen LogP) is 5.24. The zero-order valence-corrected chi connectivity index (χ0v) is 18.4. The van der Waals surface area contributed by atoms with Crippen molar-refractivity contribution in [2.45, 2.75) is 31.9 Å². The van der Waals surface area contributed by atoms with E-state index in [4.69, 9.17) is 9.72 Å². The van der Waals surface area contributed by atoms with Crippen LogP contribution in [-0.4, -0.2) is 29.3 Å². The molecule has 1 fully saturated rings. The lowest BCUT2D eigenvalue weighted by Crippen LogP contribution is -2.35. The van der Waals surface area contributed by atoms with Crippen molar-refractivity contribution >= 4 is 22.3 Å². The maximum Gasteiger partial charge on any atom is 0.262 e. The summed E-state index contributed by atoms with van der Waals surface area (Å²) in [4.78, 5) is 20.8. The fourth-order valence-electron chi connectivity index (χ4n) is 4.67. The van der Waals surface area contributed by atoms with Crippen LogP contribution in [0.3, 0.4) is 0 Å². The van der Waals surface area contributed by atoms with E-state index in [9.17, 15) is 4.79 Å². The molecule has 162 valence electrons. The third-order valence-corrected chi connectivity index (χ3v) is 6.33. The number of benzene rings is 3. The second-order valence-corrected chi connectivity index (χ2v) is 8.34. The maximum absolute atomic E-state index is 13.9. The number of anilines is 2. The Labute approximate surface area is 187 Å². The molecule has 1 saturated heterocycles. The summed E-state index contributed by atoms with van der Waals surface area (Å²) in [5, 5.41) is 0.620. The molecule has 1 aliphatic heterocycles. The van der Waals surface area contributed by atoms with Crippen LogP contribution in [0.15, 0.2) is 83.7 Å². The molecule has 32 heavy (non-hydrogen) atoms. The number of nitrogens with zero attached hydrogens (tertiary/aromatic N) is 3. The lowest BCUT2D eigenvalue weighted by molar-refractivity contribution is 0.0780. The van der Waals surface area contributed by atoms with Crippen molar-refractivity contribution in [2.75, 3.05) is 18.6 Å². The van der Waals surface area contributed by atoms with Crippen LogP contribution in [0.25, 0.3) is 10.9 Å². The van der Waals surface area contributed by atoms with E-state index in [-0.39, 0.29) is 17.7 Å². The predicted molar refractivity (Wildman–Crippen MR) is 129 cm³/mol. The zero-order valence-electron chi connectivity index (χ0n) is 18.4. The molecule has 1 aromatic heterocycles. The first kappa shape index (κ1) is 20.5. The van der Waals surface area contributed by atoms with Gasteiger partial charge >= 0.3 is 0 Å². The van der Waals surface area contributed by atoms with Crippen molar-refractivity contribution in [3.05, 3.63) is 101 Å². The van der Waals surface area contributed by atoms with Gasteiger partial charge in [0.2, 0.25) is 0 Å². The fourth-order valence-corrected chi connectivity index (χ4v) is 4.67. The van der Waals surface area contributed by atoms with E-state index < -0.39 is 0 Å². The first-order chi connectivity index (χ1) is 15.6. The van der Waals surface area contributed by atoms with Gasteiger partial charge in [-0.15, -0.1) is 0 Å². The van der Waals surface area contributed by atoms with Gasteiger partial charge in [0.1, 0.15) is 5.82 Å². The number of rotatable bonds is 5. The van der Waals surface area contributed by atoms with E-state index in [0.29, 0.717) is 16.7 Å². The molecule has 0 saturated carbocycles. The Balaban J connectivity index is 1.66. The smallest absolute Gasteiger partial charge is 0.262 e. The molecule has 0 N–H and O–H groups in total. The Morgan fingerprint density at radius 3 is 2.41 bits per heavy atom. The Kier molecular flexibility index (Phi) is 5.50. The van der Waals surface area contributed by atoms with Crippen LogP contribution < -0.4 is 10.5 Å². The number of aromatic nitrogens is 2. The van der Waals surface area contributed by atoms with Gasteiger partial charge in [-0.25, -0.2) is 4.98 Å². The van der Waals surface area contributed by atoms with Crippen LogP contribution in [0.2, 0.25) is 0 Å². The summed E-state index contributed by atoms with van der Waals surface area (Å²) in [6.07, 6.45) is 1.90. The number of fused-ring (bicyclic) bond motifs is 1. The number of para-hydroxylation sites is 1. The van der Waals surface area contributed by atoms with Gasteiger partial charge in [0.05, 0.1) is 23.0 Å². The summed E-state index contributed by atoms with van der Waals surface area (Å²) in [7, 11) is 2.01. The molecule has 0 aliphatic carbocycles. The molecule has 4 aromatic rings. The molecule has 0 spiro atoms. The molecule has 0 amide bonds. The minimum atomic E-state index is -0.196. The maximum atomic E-state index is 13.9. The normalized spacial score (nSPS) is 16.9. The van der Waals surface area contributed by atoms with Crippen molar-refractivity contribution < 1.29 is 4.74 Å². The third kappa shape index (κ3) is 3.69. The van der Waals surface area contributed by atoms with Crippen molar-refractivity contribution in [3.63, 3.8) is 0 Å². The van der Waals surface area contributed by atoms with Gasteiger partial charge in [0.25, 0.3) is 5.56 Å². The Morgan fingerprint density at radius 2 is 1.72 bits per heavy atom. The molecular weight excluding hydrogens is 398 g/mol. The highest BCUT2D eigenvalue weighted by atomic mass is 16.5. The third-order valence-electron chi connectivity index (χ3n) is 6.33. The lowest BCUT2D eigenvalue weighted by Gasteiger charge is -2.27. The zero-order chi connectivity index (χ0) is 22.1. The molecule has 1 aliphatic rings. The second-order valence-electron chi connectivity index (χ2n) is 8.34. The van der Waals surface area contributed by atoms with Gasteiger partial charge in [-0.1, -0.05) is 48.5 Å². The van der Waals surface area contributed by atoms with Crippen molar-refractivity contribution in [1.29, 1.82) is 0 Å². The van der Waals surface area contributed by atoms with E-state index >= 15 is 0 Å². The Morgan fingerprint density at radius 1 is 1.00 bits per heavy atom. The quantitative estimate of drug-likeness (QED) is 0.439. The number of ether oxygens (including phenoxy) is 1. The minimum absolute atomic E-state index is 0.0276. The van der Waals surface area contributed by atoms with Crippen molar-refractivity contribution in [3.8, 4) is 0 Å². The van der Waals surface area contributed by atoms with Crippen LogP contribution >= 0.6 is 0 Å². The Bertz CT molecular complexity index is 1280. The van der Waals surface area contributed by atoms with Gasteiger partial charge < -0.3 is 9.64 Å². The highest BCUT2D eigenvalue weighted by Gasteiger charge is 2.31. The molecule has 3 aromatic carbocycles. The summed E-state index contributed by atoms with van der Waals surface area (Å²) in [5.74, 6) is 0.705. The van der Waals surface area contributed by atoms with Crippen LogP contribution in [-0.2, 0) is 4.74 Å². The monoisotopic (exact) mass is 425 g/mol. The molecular formula is C27H27N3O2. The standard InChI is InChI=1S/C27H27N3O2/c1-19-28-24-16-15-22(29(2)21-12-7-4-8-13-21)18-23(24)27(31)30(19)26(25-14-9-17-32-25)20-10-5-3-6-11-20/h3-8,10-13,15-16,18,25-26H,9,14,17H2,1-2H3. The lowest BCUT2D eigenvalue weighted by atomic mass is 9.98. The fraction of sp³-hybridized carbons (Fsp3) is 0.259. The van der Waals surface area contributed by atoms with Gasteiger partial charge in [-0.3, -0.25) is 9.36 Å². The highest BCUT2D eigenvalue weighted by Crippen LogP contribution is 2.31. The SMILES string of the molecule is Cc1nc2ccc(N(C)c3ccccc3)cc2c(=O)n1C(c1ccccc1)C1CCCO1. The molecule has 2 heterocycles. The first-order valence-corrected chi connectivity index (χ1v) is 11.1. The second kappa shape index (κ2) is 8.60. The van der Waals surface area contributed by atoms with E-state index in [1.165, 1.54) is 0 Å². The molecule has 2 atom stereocenters. The first-order valence-electron chi connectivity index (χ1n) is 11.1. The van der Waals surface area contributed by atoms with E-state index in [0.717, 1.165) is 36.4 Å². The number of hydrogen-bond acceptors (Lipinski definition) is 4.